The smallest absolute Gasteiger partial charge is 0.275 e. The van der Waals surface area contributed by atoms with Gasteiger partial charge in [0.2, 0.25) is 0 Å². The normalized spacial score (nSPS) is 7.22. The predicted octanol–water partition coefficient (Wildman–Crippen LogP) is 1.03. The average Bonchev–Trinajstić information content (AvgIpc) is 1.91. The van der Waals surface area contributed by atoms with Gasteiger partial charge in [0.05, 0.1) is 26.7 Å². The second kappa shape index (κ2) is 4.98. The highest BCUT2D eigenvalue weighted by Crippen LogP contribution is 1.95. The third-order valence-corrected chi connectivity index (χ3v) is 0.762. The minimum Gasteiger partial charge on any atom is -0.469 e. The predicted molar refractivity (Wildman–Crippen MR) is 32.3 cm³/mol. The summed E-state index contributed by atoms with van der Waals surface area (Å²) >= 11 is 0. The van der Waals surface area contributed by atoms with Gasteiger partial charge in [-0.15, -0.1) is 0 Å². The van der Waals surface area contributed by atoms with Gasteiger partial charge in [0.1, 0.15) is 0 Å². The molecule has 0 fully saturated rings. The quantitative estimate of drug-likeness (QED) is 0.532. The fraction of sp³-hybridized carbons (Fsp3) is 0.500. The molecule has 0 unspecified atom stereocenters. The van der Waals surface area contributed by atoms with Gasteiger partial charge >= 0.3 is 0 Å². The number of allylic oxidation sites excluding steroid dienone is 1. The summed E-state index contributed by atoms with van der Waals surface area (Å²) in [5.41, 5.74) is 0. The van der Waals surface area contributed by atoms with Gasteiger partial charge in [-0.3, -0.25) is 0 Å². The van der Waals surface area contributed by atoms with Crippen LogP contribution in [0.1, 0.15) is 6.42 Å². The van der Waals surface area contributed by atoms with Crippen molar-refractivity contribution >= 4 is 0 Å². The first-order chi connectivity index (χ1) is 4.35. The number of hydrogen-bond acceptors (Lipinski definition) is 3. The zero-order valence-electron chi connectivity index (χ0n) is 5.55. The van der Waals surface area contributed by atoms with E-state index in [-0.39, 0.29) is 0 Å². The van der Waals surface area contributed by atoms with Gasteiger partial charge in [0, 0.05) is 6.08 Å². The first-order valence-corrected chi connectivity index (χ1v) is 2.50. The molecule has 50 valence electrons. The summed E-state index contributed by atoms with van der Waals surface area (Å²) < 4.78 is 9.38. The molecule has 0 spiro atoms. The molecule has 3 nitrogen and oxygen atoms in total. The molecular weight excluding hydrogens is 118 g/mol. The van der Waals surface area contributed by atoms with E-state index < -0.39 is 0 Å². The van der Waals surface area contributed by atoms with Gasteiger partial charge in [0.25, 0.3) is 5.95 Å². The minimum absolute atomic E-state index is 0.316. The second-order valence-electron chi connectivity index (χ2n) is 1.29. The molecule has 0 aliphatic heterocycles. The van der Waals surface area contributed by atoms with Crippen molar-refractivity contribution in [2.45, 2.75) is 6.42 Å². The maximum absolute atomic E-state index is 8.10. The van der Waals surface area contributed by atoms with Crippen LogP contribution < -0.4 is 0 Å². The number of nitrogens with zero attached hydrogens (tertiary/aromatic N) is 1. The summed E-state index contributed by atoms with van der Waals surface area (Å²) in [6.07, 6.45) is 1.89. The van der Waals surface area contributed by atoms with Gasteiger partial charge in [-0.25, -0.2) is 0 Å². The van der Waals surface area contributed by atoms with Crippen LogP contribution in [0.3, 0.4) is 0 Å². The van der Waals surface area contributed by atoms with Crippen molar-refractivity contribution in [3.8, 4) is 6.07 Å². The molecule has 0 saturated heterocycles. The van der Waals surface area contributed by atoms with Crippen molar-refractivity contribution in [3.63, 3.8) is 0 Å². The molecule has 9 heavy (non-hydrogen) atoms. The fourth-order valence-electron chi connectivity index (χ4n) is 0.379. The molecule has 0 aromatic heterocycles. The van der Waals surface area contributed by atoms with Crippen molar-refractivity contribution in [1.82, 2.24) is 0 Å². The lowest BCUT2D eigenvalue weighted by molar-refractivity contribution is 0.0943. The molecule has 0 rings (SSSR count). The third kappa shape index (κ3) is 3.42. The van der Waals surface area contributed by atoms with Crippen LogP contribution in [0.25, 0.3) is 0 Å². The molecule has 0 aliphatic rings. The molecule has 3 heteroatoms. The van der Waals surface area contributed by atoms with E-state index in [0.717, 1.165) is 0 Å². The monoisotopic (exact) mass is 127 g/mol. The lowest BCUT2D eigenvalue weighted by atomic mass is 10.4. The molecule has 0 atom stereocenters. The maximum Gasteiger partial charge on any atom is 0.275 e. The van der Waals surface area contributed by atoms with E-state index in [4.69, 9.17) is 5.26 Å². The molecule has 0 aromatic carbocycles. The van der Waals surface area contributed by atoms with Gasteiger partial charge in [-0.05, 0) is 0 Å². The first-order valence-electron chi connectivity index (χ1n) is 2.50. The number of methoxy groups -OCH3 is 2. The number of hydrogen-bond donors (Lipinski definition) is 0. The largest absolute Gasteiger partial charge is 0.469 e. The van der Waals surface area contributed by atoms with E-state index in [2.05, 4.69) is 9.47 Å². The maximum atomic E-state index is 8.10. The van der Waals surface area contributed by atoms with Crippen LogP contribution in [0.15, 0.2) is 12.0 Å². The van der Waals surface area contributed by atoms with Gasteiger partial charge in [-0.2, -0.15) is 5.26 Å². The van der Waals surface area contributed by atoms with Crippen molar-refractivity contribution in [2.75, 3.05) is 14.2 Å². The van der Waals surface area contributed by atoms with Crippen molar-refractivity contribution in [2.24, 2.45) is 0 Å². The SMILES string of the molecule is COC(=CCC#N)OC. The Balaban J connectivity index is 3.64. The van der Waals surface area contributed by atoms with Crippen molar-refractivity contribution < 1.29 is 9.47 Å². The van der Waals surface area contributed by atoms with Crippen LogP contribution >= 0.6 is 0 Å². The fourth-order valence-corrected chi connectivity index (χ4v) is 0.379. The van der Waals surface area contributed by atoms with E-state index in [1.165, 1.54) is 14.2 Å². The van der Waals surface area contributed by atoms with E-state index >= 15 is 0 Å². The molecule has 0 amide bonds. The Morgan fingerprint density at radius 2 is 2.11 bits per heavy atom. The van der Waals surface area contributed by atoms with Crippen molar-refractivity contribution in [1.29, 1.82) is 5.26 Å². The van der Waals surface area contributed by atoms with Crippen LogP contribution in [-0.4, -0.2) is 14.2 Å². The van der Waals surface area contributed by atoms with Crippen LogP contribution in [-0.2, 0) is 9.47 Å². The highest BCUT2D eigenvalue weighted by Gasteiger charge is 1.88. The highest BCUT2D eigenvalue weighted by molar-refractivity contribution is 4.91. The molecule has 0 saturated carbocycles. The summed E-state index contributed by atoms with van der Waals surface area (Å²) in [7, 11) is 2.99. The first kappa shape index (κ1) is 7.83. The van der Waals surface area contributed by atoms with Gasteiger partial charge in [-0.1, -0.05) is 0 Å². The van der Waals surface area contributed by atoms with Crippen molar-refractivity contribution in [3.05, 3.63) is 12.0 Å². The lowest BCUT2D eigenvalue weighted by Crippen LogP contribution is -1.87. The van der Waals surface area contributed by atoms with Crippen LogP contribution in [0.2, 0.25) is 0 Å². The zero-order chi connectivity index (χ0) is 7.11. The van der Waals surface area contributed by atoms with E-state index in [1.54, 1.807) is 6.08 Å². The summed E-state index contributed by atoms with van der Waals surface area (Å²) in [5, 5.41) is 8.10. The molecule has 0 radical (unpaired) electrons. The minimum atomic E-state index is 0.316. The lowest BCUT2D eigenvalue weighted by Gasteiger charge is -2.00. The molecule has 0 heterocycles. The van der Waals surface area contributed by atoms with Crippen LogP contribution in [0.5, 0.6) is 0 Å². The Bertz CT molecular complexity index is 128. The van der Waals surface area contributed by atoms with E-state index in [0.29, 0.717) is 12.4 Å². The second-order valence-corrected chi connectivity index (χ2v) is 1.29. The number of ether oxygens (including phenoxy) is 2. The summed E-state index contributed by atoms with van der Waals surface area (Å²) in [6.45, 7) is 0. The zero-order valence-corrected chi connectivity index (χ0v) is 5.55. The van der Waals surface area contributed by atoms with Crippen LogP contribution in [0, 0.1) is 11.3 Å². The highest BCUT2D eigenvalue weighted by atomic mass is 16.7. The Morgan fingerprint density at radius 1 is 1.56 bits per heavy atom. The molecule has 0 aliphatic carbocycles. The molecular formula is C6H9NO2. The Hall–Kier alpha value is -1.17. The molecule has 0 aromatic rings. The summed E-state index contributed by atoms with van der Waals surface area (Å²) in [5.74, 6) is 0.386. The molecule has 0 bridgehead atoms. The van der Waals surface area contributed by atoms with Crippen LogP contribution in [0.4, 0.5) is 0 Å². The summed E-state index contributed by atoms with van der Waals surface area (Å²) in [6, 6.07) is 1.93. The van der Waals surface area contributed by atoms with E-state index in [1.807, 2.05) is 6.07 Å². The summed E-state index contributed by atoms with van der Waals surface area (Å²) in [4.78, 5) is 0. The van der Waals surface area contributed by atoms with Gasteiger partial charge in [0.15, 0.2) is 0 Å². The number of rotatable bonds is 3. The van der Waals surface area contributed by atoms with Gasteiger partial charge < -0.3 is 9.47 Å². The topological polar surface area (TPSA) is 42.2 Å². The number of nitriles is 1. The molecule has 0 N–H and O–H groups in total. The average molecular weight is 127 g/mol. The third-order valence-electron chi connectivity index (χ3n) is 0.762. The Labute approximate surface area is 54.5 Å². The Morgan fingerprint density at radius 3 is 2.44 bits per heavy atom. The Kier molecular flexibility index (Phi) is 4.33. The standard InChI is InChI=1S/C6H9NO2/c1-8-6(9-2)4-3-5-7/h4H,3H2,1-2H3. The van der Waals surface area contributed by atoms with E-state index in [9.17, 15) is 0 Å².